The van der Waals surface area contributed by atoms with Crippen LogP contribution in [0.15, 0.2) is 22.7 Å². The molecule has 0 fully saturated rings. The highest BCUT2D eigenvalue weighted by Gasteiger charge is 2.21. The molecule has 1 aromatic carbocycles. The van der Waals surface area contributed by atoms with E-state index in [0.29, 0.717) is 17.0 Å². The van der Waals surface area contributed by atoms with Gasteiger partial charge in [-0.25, -0.2) is 4.79 Å². The van der Waals surface area contributed by atoms with E-state index < -0.39 is 5.97 Å². The minimum Gasteiger partial charge on any atom is -0.491 e. The number of carbonyl (C=O) groups excluding carboxylic acids is 1. The van der Waals surface area contributed by atoms with Crippen LogP contribution in [0.4, 0.5) is 0 Å². The number of H-pyrrole nitrogens is 1. The van der Waals surface area contributed by atoms with Crippen molar-refractivity contribution in [3.8, 4) is 17.0 Å². The summed E-state index contributed by atoms with van der Waals surface area (Å²) >= 11 is 3.45. The zero-order valence-electron chi connectivity index (χ0n) is 12.0. The predicted molar refractivity (Wildman–Crippen MR) is 81.2 cm³/mol. The van der Waals surface area contributed by atoms with Gasteiger partial charge in [-0.15, -0.1) is 5.10 Å². The molecule has 2 rings (SSSR count). The molecule has 2 aromatic rings. The summed E-state index contributed by atoms with van der Waals surface area (Å²) in [5.74, 6) is 0.185. The van der Waals surface area contributed by atoms with Gasteiger partial charge in [-0.1, -0.05) is 15.9 Å². The molecular formula is C14H16BrN3O3. The first-order chi connectivity index (χ1) is 10.0. The first-order valence-corrected chi connectivity index (χ1v) is 7.36. The van der Waals surface area contributed by atoms with E-state index in [-0.39, 0.29) is 18.4 Å². The third kappa shape index (κ3) is 3.60. The molecule has 1 aromatic heterocycles. The summed E-state index contributed by atoms with van der Waals surface area (Å²) in [4.78, 5) is 11.9. The van der Waals surface area contributed by atoms with Gasteiger partial charge in [0.2, 0.25) is 0 Å². The standard InChI is InChI=1S/C14H16BrN3O3/c1-4-20-14(19)13-12(16-18-17-13)10-7-9(21-8(2)3)5-6-11(10)15/h5-8H,4H2,1-3H3,(H,16,17,18). The SMILES string of the molecule is CCOC(=O)c1n[nH]nc1-c1cc(OC(C)C)ccc1Br. The first-order valence-electron chi connectivity index (χ1n) is 6.57. The van der Waals surface area contributed by atoms with Gasteiger partial charge in [-0.3, -0.25) is 0 Å². The van der Waals surface area contributed by atoms with E-state index in [1.165, 1.54) is 0 Å². The minimum atomic E-state index is -0.511. The van der Waals surface area contributed by atoms with Crippen LogP contribution in [0.25, 0.3) is 11.3 Å². The van der Waals surface area contributed by atoms with Crippen molar-refractivity contribution in [2.24, 2.45) is 0 Å². The average molecular weight is 354 g/mol. The fourth-order valence-corrected chi connectivity index (χ4v) is 2.23. The second kappa shape index (κ2) is 6.71. The lowest BCUT2D eigenvalue weighted by Gasteiger charge is -2.11. The molecule has 0 amide bonds. The Labute approximate surface area is 131 Å². The highest BCUT2D eigenvalue weighted by Crippen LogP contribution is 2.32. The lowest BCUT2D eigenvalue weighted by Crippen LogP contribution is -2.07. The maximum absolute atomic E-state index is 11.9. The number of aromatic amines is 1. The first kappa shape index (κ1) is 15.5. The summed E-state index contributed by atoms with van der Waals surface area (Å²) in [5, 5.41) is 10.4. The molecule has 7 heteroatoms. The molecule has 0 aliphatic carbocycles. The Morgan fingerprint density at radius 1 is 1.38 bits per heavy atom. The van der Waals surface area contributed by atoms with Crippen LogP contribution in [0, 0.1) is 0 Å². The molecule has 0 aliphatic rings. The van der Waals surface area contributed by atoms with Gasteiger partial charge < -0.3 is 9.47 Å². The van der Waals surface area contributed by atoms with Crippen LogP contribution in [0.3, 0.4) is 0 Å². The van der Waals surface area contributed by atoms with Crippen LogP contribution in [0.2, 0.25) is 0 Å². The van der Waals surface area contributed by atoms with E-state index in [4.69, 9.17) is 9.47 Å². The van der Waals surface area contributed by atoms with Crippen molar-refractivity contribution in [2.45, 2.75) is 26.9 Å². The summed E-state index contributed by atoms with van der Waals surface area (Å²) in [6.45, 7) is 5.91. The van der Waals surface area contributed by atoms with Crippen LogP contribution >= 0.6 is 15.9 Å². The molecule has 0 atom stereocenters. The van der Waals surface area contributed by atoms with E-state index in [0.717, 1.165) is 4.47 Å². The van der Waals surface area contributed by atoms with E-state index in [9.17, 15) is 4.79 Å². The Hall–Kier alpha value is -1.89. The zero-order chi connectivity index (χ0) is 15.4. The smallest absolute Gasteiger partial charge is 0.361 e. The molecule has 0 spiro atoms. The third-order valence-electron chi connectivity index (χ3n) is 2.58. The highest BCUT2D eigenvalue weighted by molar-refractivity contribution is 9.10. The van der Waals surface area contributed by atoms with Gasteiger partial charge in [0, 0.05) is 10.0 Å². The molecule has 1 N–H and O–H groups in total. The van der Waals surface area contributed by atoms with Crippen molar-refractivity contribution < 1.29 is 14.3 Å². The normalized spacial score (nSPS) is 10.7. The van der Waals surface area contributed by atoms with Crippen molar-refractivity contribution in [1.29, 1.82) is 0 Å². The number of carbonyl (C=O) groups is 1. The number of esters is 1. The van der Waals surface area contributed by atoms with Gasteiger partial charge in [0.05, 0.1) is 12.7 Å². The molecule has 21 heavy (non-hydrogen) atoms. The number of aromatic nitrogens is 3. The number of rotatable bonds is 5. The van der Waals surface area contributed by atoms with Gasteiger partial charge in [0.15, 0.2) is 5.69 Å². The van der Waals surface area contributed by atoms with Crippen LogP contribution in [-0.4, -0.2) is 34.1 Å². The maximum Gasteiger partial charge on any atom is 0.361 e. The van der Waals surface area contributed by atoms with Gasteiger partial charge in [0.25, 0.3) is 0 Å². The van der Waals surface area contributed by atoms with Crippen molar-refractivity contribution in [3.05, 3.63) is 28.4 Å². The molecule has 1 heterocycles. The Balaban J connectivity index is 2.42. The number of ether oxygens (including phenoxy) is 2. The van der Waals surface area contributed by atoms with Crippen molar-refractivity contribution in [1.82, 2.24) is 15.4 Å². The van der Waals surface area contributed by atoms with Crippen LogP contribution in [0.5, 0.6) is 5.75 Å². The minimum absolute atomic E-state index is 0.0564. The molecule has 0 saturated heterocycles. The van der Waals surface area contributed by atoms with E-state index in [2.05, 4.69) is 31.3 Å². The van der Waals surface area contributed by atoms with Gasteiger partial charge in [0.1, 0.15) is 11.4 Å². The maximum atomic E-state index is 11.9. The van der Waals surface area contributed by atoms with Crippen LogP contribution in [0.1, 0.15) is 31.3 Å². The number of nitrogens with zero attached hydrogens (tertiary/aromatic N) is 2. The molecule has 0 saturated carbocycles. The molecule has 0 bridgehead atoms. The molecule has 6 nitrogen and oxygen atoms in total. The van der Waals surface area contributed by atoms with Crippen molar-refractivity contribution in [2.75, 3.05) is 6.61 Å². The topological polar surface area (TPSA) is 77.1 Å². The monoisotopic (exact) mass is 353 g/mol. The van der Waals surface area contributed by atoms with E-state index >= 15 is 0 Å². The number of hydrogen-bond acceptors (Lipinski definition) is 5. The Bertz CT molecular complexity index is 640. The molecule has 0 aliphatic heterocycles. The quantitative estimate of drug-likeness (QED) is 0.835. The fourth-order valence-electron chi connectivity index (χ4n) is 1.79. The second-order valence-corrected chi connectivity index (χ2v) is 5.40. The Kier molecular flexibility index (Phi) is 4.95. The second-order valence-electron chi connectivity index (χ2n) is 4.55. The van der Waals surface area contributed by atoms with Crippen LogP contribution in [-0.2, 0) is 4.74 Å². The number of nitrogens with one attached hydrogen (secondary N) is 1. The highest BCUT2D eigenvalue weighted by atomic mass is 79.9. The summed E-state index contributed by atoms with van der Waals surface area (Å²) in [5.41, 5.74) is 1.29. The number of benzene rings is 1. The summed E-state index contributed by atoms with van der Waals surface area (Å²) in [6.07, 6.45) is 0.0564. The third-order valence-corrected chi connectivity index (χ3v) is 3.27. The summed E-state index contributed by atoms with van der Waals surface area (Å²) in [6, 6.07) is 5.50. The lowest BCUT2D eigenvalue weighted by atomic mass is 10.1. The van der Waals surface area contributed by atoms with Gasteiger partial charge in [-0.05, 0) is 39.0 Å². The fraction of sp³-hybridized carbons (Fsp3) is 0.357. The molecule has 112 valence electrons. The Morgan fingerprint density at radius 3 is 2.81 bits per heavy atom. The molecular weight excluding hydrogens is 338 g/mol. The van der Waals surface area contributed by atoms with E-state index in [1.54, 1.807) is 6.92 Å². The lowest BCUT2D eigenvalue weighted by molar-refractivity contribution is 0.0520. The van der Waals surface area contributed by atoms with Gasteiger partial charge in [-0.2, -0.15) is 10.3 Å². The van der Waals surface area contributed by atoms with Crippen molar-refractivity contribution in [3.63, 3.8) is 0 Å². The average Bonchev–Trinajstić information content (AvgIpc) is 2.90. The summed E-state index contributed by atoms with van der Waals surface area (Å²) < 4.78 is 11.4. The number of halogens is 1. The largest absolute Gasteiger partial charge is 0.491 e. The zero-order valence-corrected chi connectivity index (χ0v) is 13.6. The van der Waals surface area contributed by atoms with Crippen molar-refractivity contribution >= 4 is 21.9 Å². The molecule has 0 radical (unpaired) electrons. The van der Waals surface area contributed by atoms with Crippen LogP contribution < -0.4 is 4.74 Å². The summed E-state index contributed by atoms with van der Waals surface area (Å²) in [7, 11) is 0. The number of hydrogen-bond donors (Lipinski definition) is 1. The predicted octanol–water partition coefficient (Wildman–Crippen LogP) is 3.20. The molecule has 0 unspecified atom stereocenters. The Morgan fingerprint density at radius 2 is 2.14 bits per heavy atom. The van der Waals surface area contributed by atoms with E-state index in [1.807, 2.05) is 32.0 Å². The van der Waals surface area contributed by atoms with Gasteiger partial charge >= 0.3 is 5.97 Å².